The number of amides is 2. The first-order valence-electron chi connectivity index (χ1n) is 6.10. The van der Waals surface area contributed by atoms with E-state index in [1.807, 2.05) is 13.0 Å². The summed E-state index contributed by atoms with van der Waals surface area (Å²) in [6.45, 7) is 3.47. The van der Waals surface area contributed by atoms with Crippen molar-refractivity contribution in [1.82, 2.24) is 4.90 Å². The van der Waals surface area contributed by atoms with E-state index in [1.165, 1.54) is 18.9 Å². The molecule has 2 amide bonds. The van der Waals surface area contributed by atoms with Crippen LogP contribution in [0.5, 0.6) is 0 Å². The van der Waals surface area contributed by atoms with Gasteiger partial charge in [-0.15, -0.1) is 0 Å². The van der Waals surface area contributed by atoms with Crippen LogP contribution in [0.2, 0.25) is 0 Å². The fraction of sp³-hybridized carbons (Fsp3) is 0.357. The number of carbonyl (C=O) groups excluding carboxylic acids is 1. The molecule has 0 aromatic heterocycles. The van der Waals surface area contributed by atoms with Crippen LogP contribution in [0.1, 0.15) is 18.1 Å². The first-order valence-corrected chi connectivity index (χ1v) is 6.10. The number of aliphatic carboxylic acids is 1. The van der Waals surface area contributed by atoms with Gasteiger partial charge in [-0.25, -0.2) is 4.79 Å². The zero-order valence-corrected chi connectivity index (χ0v) is 11.7. The van der Waals surface area contributed by atoms with Crippen molar-refractivity contribution in [3.05, 3.63) is 29.3 Å². The molecule has 2 N–H and O–H groups in total. The number of carboxylic acids is 1. The van der Waals surface area contributed by atoms with E-state index in [9.17, 15) is 9.59 Å². The molecule has 1 unspecified atom stereocenters. The summed E-state index contributed by atoms with van der Waals surface area (Å²) in [7, 11) is 1.52. The number of carbonyl (C=O) groups is 2. The number of aryl methyl sites for hydroxylation is 1. The highest BCUT2D eigenvalue weighted by Crippen LogP contribution is 2.14. The SMILES string of the molecule is Cc1cc(C#N)cc(NC(=O)N(C)CC(C)C(=O)O)c1. The van der Waals surface area contributed by atoms with E-state index in [2.05, 4.69) is 5.32 Å². The fourth-order valence-electron chi connectivity index (χ4n) is 1.71. The molecule has 6 heteroatoms. The third-order valence-corrected chi connectivity index (χ3v) is 2.77. The van der Waals surface area contributed by atoms with Gasteiger partial charge in [0.15, 0.2) is 0 Å². The van der Waals surface area contributed by atoms with Gasteiger partial charge in [-0.1, -0.05) is 6.92 Å². The maximum atomic E-state index is 11.9. The maximum absolute atomic E-state index is 11.9. The van der Waals surface area contributed by atoms with Crippen LogP contribution >= 0.6 is 0 Å². The Morgan fingerprint density at radius 3 is 2.65 bits per heavy atom. The van der Waals surface area contributed by atoms with Gasteiger partial charge in [0.1, 0.15) is 0 Å². The molecule has 1 aromatic carbocycles. The van der Waals surface area contributed by atoms with E-state index in [-0.39, 0.29) is 6.54 Å². The van der Waals surface area contributed by atoms with Gasteiger partial charge >= 0.3 is 12.0 Å². The van der Waals surface area contributed by atoms with Gasteiger partial charge in [0.05, 0.1) is 17.6 Å². The second-order valence-electron chi connectivity index (χ2n) is 4.75. The van der Waals surface area contributed by atoms with Crippen molar-refractivity contribution in [3.8, 4) is 6.07 Å². The Morgan fingerprint density at radius 1 is 1.45 bits per heavy atom. The van der Waals surface area contributed by atoms with Crippen LogP contribution in [-0.2, 0) is 4.79 Å². The molecule has 20 heavy (non-hydrogen) atoms. The monoisotopic (exact) mass is 275 g/mol. The highest BCUT2D eigenvalue weighted by atomic mass is 16.4. The lowest BCUT2D eigenvalue weighted by molar-refractivity contribution is -0.141. The van der Waals surface area contributed by atoms with Crippen LogP contribution < -0.4 is 5.32 Å². The lowest BCUT2D eigenvalue weighted by atomic mass is 10.1. The Balaban J connectivity index is 2.73. The molecule has 6 nitrogen and oxygen atoms in total. The second kappa shape index (κ2) is 6.57. The number of carboxylic acid groups (broad SMARTS) is 1. The molecule has 0 saturated heterocycles. The topological polar surface area (TPSA) is 93.4 Å². The van der Waals surface area contributed by atoms with E-state index in [0.717, 1.165) is 5.56 Å². The van der Waals surface area contributed by atoms with Gasteiger partial charge in [0, 0.05) is 19.3 Å². The van der Waals surface area contributed by atoms with E-state index in [0.29, 0.717) is 11.3 Å². The van der Waals surface area contributed by atoms with Crippen molar-refractivity contribution < 1.29 is 14.7 Å². The summed E-state index contributed by atoms with van der Waals surface area (Å²) in [6, 6.07) is 6.63. The van der Waals surface area contributed by atoms with Crippen molar-refractivity contribution in [2.45, 2.75) is 13.8 Å². The number of urea groups is 1. The first kappa shape index (κ1) is 15.5. The predicted molar refractivity (Wildman–Crippen MR) is 74.3 cm³/mol. The van der Waals surface area contributed by atoms with Crippen molar-refractivity contribution in [2.75, 3.05) is 18.9 Å². The van der Waals surface area contributed by atoms with E-state index >= 15 is 0 Å². The van der Waals surface area contributed by atoms with Crippen LogP contribution in [0.15, 0.2) is 18.2 Å². The van der Waals surface area contributed by atoms with Gasteiger partial charge < -0.3 is 15.3 Å². The smallest absolute Gasteiger partial charge is 0.321 e. The molecular weight excluding hydrogens is 258 g/mol. The summed E-state index contributed by atoms with van der Waals surface area (Å²) in [5, 5.41) is 20.3. The first-order chi connectivity index (χ1) is 9.33. The molecule has 0 aliphatic carbocycles. The molecule has 0 aliphatic heterocycles. The van der Waals surface area contributed by atoms with Gasteiger partial charge in [-0.2, -0.15) is 5.26 Å². The quantitative estimate of drug-likeness (QED) is 0.879. The highest BCUT2D eigenvalue weighted by Gasteiger charge is 2.17. The molecule has 0 radical (unpaired) electrons. The van der Waals surface area contributed by atoms with Crippen molar-refractivity contribution in [2.24, 2.45) is 5.92 Å². The summed E-state index contributed by atoms with van der Waals surface area (Å²) < 4.78 is 0. The number of anilines is 1. The largest absolute Gasteiger partial charge is 0.481 e. The minimum atomic E-state index is -0.952. The average Bonchev–Trinajstić information content (AvgIpc) is 2.37. The zero-order chi connectivity index (χ0) is 15.3. The minimum Gasteiger partial charge on any atom is -0.481 e. The molecule has 0 fully saturated rings. The standard InChI is InChI=1S/C14H17N3O3/c1-9-4-11(7-15)6-12(5-9)16-14(20)17(3)8-10(2)13(18)19/h4-6,10H,8H2,1-3H3,(H,16,20)(H,18,19). The molecule has 0 aliphatic rings. The lowest BCUT2D eigenvalue weighted by Gasteiger charge is -2.20. The average molecular weight is 275 g/mol. The summed E-state index contributed by atoms with van der Waals surface area (Å²) in [4.78, 5) is 24.0. The van der Waals surface area contributed by atoms with Gasteiger partial charge in [0.25, 0.3) is 0 Å². The number of nitrogens with one attached hydrogen (secondary N) is 1. The Labute approximate surface area is 117 Å². The molecule has 0 spiro atoms. The van der Waals surface area contributed by atoms with Gasteiger partial charge in [-0.3, -0.25) is 4.79 Å². The Hall–Kier alpha value is -2.55. The van der Waals surface area contributed by atoms with Crippen LogP contribution in [0.4, 0.5) is 10.5 Å². The Morgan fingerprint density at radius 2 is 2.10 bits per heavy atom. The van der Waals surface area contributed by atoms with Crippen molar-refractivity contribution >= 4 is 17.7 Å². The van der Waals surface area contributed by atoms with Crippen LogP contribution in [-0.4, -0.2) is 35.6 Å². The molecule has 1 atom stereocenters. The molecule has 0 saturated carbocycles. The van der Waals surface area contributed by atoms with E-state index < -0.39 is 17.9 Å². The Kier molecular flexibility index (Phi) is 5.09. The number of nitrogens with zero attached hydrogens (tertiary/aromatic N) is 2. The van der Waals surface area contributed by atoms with Crippen molar-refractivity contribution in [3.63, 3.8) is 0 Å². The van der Waals surface area contributed by atoms with Crippen LogP contribution in [0, 0.1) is 24.2 Å². The van der Waals surface area contributed by atoms with Crippen LogP contribution in [0.3, 0.4) is 0 Å². The molecule has 106 valence electrons. The Bertz CT molecular complexity index is 563. The summed E-state index contributed by atoms with van der Waals surface area (Å²) in [5.74, 6) is -1.59. The molecule has 0 heterocycles. The summed E-state index contributed by atoms with van der Waals surface area (Å²) in [5.41, 5.74) is 1.84. The summed E-state index contributed by atoms with van der Waals surface area (Å²) >= 11 is 0. The summed E-state index contributed by atoms with van der Waals surface area (Å²) in [6.07, 6.45) is 0. The molecule has 1 rings (SSSR count). The lowest BCUT2D eigenvalue weighted by Crippen LogP contribution is -2.36. The normalized spacial score (nSPS) is 11.3. The minimum absolute atomic E-state index is 0.109. The second-order valence-corrected chi connectivity index (χ2v) is 4.75. The number of nitriles is 1. The van der Waals surface area contributed by atoms with Crippen LogP contribution in [0.25, 0.3) is 0 Å². The zero-order valence-electron chi connectivity index (χ0n) is 11.7. The maximum Gasteiger partial charge on any atom is 0.321 e. The predicted octanol–water partition coefficient (Wildman–Crippen LogP) is 2.05. The van der Waals surface area contributed by atoms with Crippen molar-refractivity contribution in [1.29, 1.82) is 5.26 Å². The van der Waals surface area contributed by atoms with Gasteiger partial charge in [-0.05, 0) is 30.7 Å². The number of hydrogen-bond donors (Lipinski definition) is 2. The molecular formula is C14H17N3O3. The van der Waals surface area contributed by atoms with E-state index in [1.54, 1.807) is 18.2 Å². The third-order valence-electron chi connectivity index (χ3n) is 2.77. The highest BCUT2D eigenvalue weighted by molar-refractivity contribution is 5.89. The fourth-order valence-corrected chi connectivity index (χ4v) is 1.71. The number of rotatable bonds is 4. The van der Waals surface area contributed by atoms with Gasteiger partial charge in [0.2, 0.25) is 0 Å². The molecule has 0 bridgehead atoms. The third kappa shape index (κ3) is 4.28. The number of benzene rings is 1. The number of hydrogen-bond acceptors (Lipinski definition) is 3. The molecule has 1 aromatic rings. The van der Waals surface area contributed by atoms with E-state index in [4.69, 9.17) is 10.4 Å².